The predicted octanol–water partition coefficient (Wildman–Crippen LogP) is 1.77. The van der Waals surface area contributed by atoms with Crippen LogP contribution in [-0.2, 0) is 11.3 Å². The van der Waals surface area contributed by atoms with E-state index in [0.29, 0.717) is 10.7 Å². The van der Waals surface area contributed by atoms with Gasteiger partial charge in [0.05, 0.1) is 29.8 Å². The lowest BCUT2D eigenvalue weighted by Gasteiger charge is -2.10. The molecule has 0 aliphatic carbocycles. The van der Waals surface area contributed by atoms with Crippen molar-refractivity contribution in [3.63, 3.8) is 0 Å². The quantitative estimate of drug-likeness (QED) is 0.894. The summed E-state index contributed by atoms with van der Waals surface area (Å²) in [6.07, 6.45) is 0.998. The van der Waals surface area contributed by atoms with Crippen LogP contribution in [0.15, 0.2) is 18.3 Å². The first-order valence-electron chi connectivity index (χ1n) is 5.46. The number of nitrogens with zero attached hydrogens (tertiary/aromatic N) is 1. The Bertz CT molecular complexity index is 442. The Labute approximate surface area is 120 Å². The van der Waals surface area contributed by atoms with Crippen molar-refractivity contribution in [2.45, 2.75) is 24.9 Å². The number of amides is 1. The van der Waals surface area contributed by atoms with E-state index in [2.05, 4.69) is 15.6 Å². The van der Waals surface area contributed by atoms with Crippen LogP contribution in [-0.4, -0.2) is 29.4 Å². The third-order valence-corrected chi connectivity index (χ3v) is 2.88. The van der Waals surface area contributed by atoms with Crippen LogP contribution in [0.1, 0.15) is 12.1 Å². The van der Waals surface area contributed by atoms with E-state index in [1.165, 1.54) is 6.20 Å². The second-order valence-electron chi connectivity index (χ2n) is 4.18. The summed E-state index contributed by atoms with van der Waals surface area (Å²) in [6.45, 7) is -0.260. The van der Waals surface area contributed by atoms with Crippen LogP contribution >= 0.6 is 24.0 Å². The van der Waals surface area contributed by atoms with Gasteiger partial charge < -0.3 is 5.32 Å². The van der Waals surface area contributed by atoms with E-state index >= 15 is 0 Å². The van der Waals surface area contributed by atoms with Crippen molar-refractivity contribution < 1.29 is 13.6 Å². The van der Waals surface area contributed by atoms with Crippen LogP contribution < -0.4 is 10.6 Å². The molecular weight excluding hydrogens is 299 g/mol. The van der Waals surface area contributed by atoms with Gasteiger partial charge in [-0.1, -0.05) is 11.6 Å². The molecule has 2 N–H and O–H groups in total. The molecule has 0 bridgehead atoms. The SMILES string of the molecule is Cl.O=C(NCc1ccc(Cl)cn1)C1CC(F)(F)CN1. The van der Waals surface area contributed by atoms with Crippen LogP contribution in [0.2, 0.25) is 5.02 Å². The predicted molar refractivity (Wildman–Crippen MR) is 69.7 cm³/mol. The second kappa shape index (κ2) is 6.45. The lowest BCUT2D eigenvalue weighted by atomic mass is 10.2. The molecule has 1 aliphatic rings. The number of carbonyl (C=O) groups is 1. The second-order valence-corrected chi connectivity index (χ2v) is 4.62. The lowest BCUT2D eigenvalue weighted by Crippen LogP contribution is -2.40. The van der Waals surface area contributed by atoms with Crippen LogP contribution in [0.25, 0.3) is 0 Å². The topological polar surface area (TPSA) is 54.0 Å². The third-order valence-electron chi connectivity index (χ3n) is 2.66. The van der Waals surface area contributed by atoms with E-state index in [0.717, 1.165) is 0 Å². The minimum atomic E-state index is -2.81. The van der Waals surface area contributed by atoms with Crippen molar-refractivity contribution in [2.24, 2.45) is 0 Å². The number of hydrogen-bond acceptors (Lipinski definition) is 3. The average Bonchev–Trinajstić information content (AvgIpc) is 2.69. The Morgan fingerprint density at radius 3 is 2.84 bits per heavy atom. The van der Waals surface area contributed by atoms with Crippen molar-refractivity contribution >= 4 is 29.9 Å². The number of pyridine rings is 1. The molecule has 1 atom stereocenters. The number of hydrogen-bond donors (Lipinski definition) is 2. The zero-order valence-electron chi connectivity index (χ0n) is 9.83. The first kappa shape index (κ1) is 16.1. The molecule has 2 heterocycles. The number of nitrogens with one attached hydrogen (secondary N) is 2. The van der Waals surface area contributed by atoms with Crippen molar-refractivity contribution in [3.05, 3.63) is 29.0 Å². The molecule has 106 valence electrons. The number of aromatic nitrogens is 1. The first-order chi connectivity index (χ1) is 8.46. The fourth-order valence-corrected chi connectivity index (χ4v) is 1.82. The average molecular weight is 312 g/mol. The Hall–Kier alpha value is -0.980. The van der Waals surface area contributed by atoms with Gasteiger partial charge in [-0.25, -0.2) is 8.78 Å². The summed E-state index contributed by atoms with van der Waals surface area (Å²) in [4.78, 5) is 15.6. The van der Waals surface area contributed by atoms with Crippen LogP contribution in [0, 0.1) is 0 Å². The molecular formula is C11H13Cl2F2N3O. The first-order valence-corrected chi connectivity index (χ1v) is 5.83. The Morgan fingerprint density at radius 1 is 1.58 bits per heavy atom. The van der Waals surface area contributed by atoms with Gasteiger partial charge in [-0.2, -0.15) is 0 Å². The van der Waals surface area contributed by atoms with Crippen molar-refractivity contribution in [1.82, 2.24) is 15.6 Å². The molecule has 1 aromatic rings. The zero-order valence-corrected chi connectivity index (χ0v) is 11.4. The fourth-order valence-electron chi connectivity index (χ4n) is 1.71. The molecule has 1 unspecified atom stereocenters. The molecule has 4 nitrogen and oxygen atoms in total. The molecule has 0 aromatic carbocycles. The highest BCUT2D eigenvalue weighted by Crippen LogP contribution is 2.25. The van der Waals surface area contributed by atoms with Crippen molar-refractivity contribution in [2.75, 3.05) is 6.54 Å². The molecule has 1 saturated heterocycles. The Balaban J connectivity index is 0.00000180. The normalized spacial score (nSPS) is 20.7. The van der Waals surface area contributed by atoms with Gasteiger partial charge in [0.25, 0.3) is 5.92 Å². The number of rotatable bonds is 3. The monoisotopic (exact) mass is 311 g/mol. The summed E-state index contributed by atoms with van der Waals surface area (Å²) in [5, 5.41) is 5.55. The number of halogens is 4. The smallest absolute Gasteiger partial charge is 0.262 e. The van der Waals surface area contributed by atoms with Gasteiger partial charge in [-0.15, -0.1) is 12.4 Å². The van der Waals surface area contributed by atoms with Gasteiger partial charge in [0.15, 0.2) is 0 Å². The molecule has 1 aliphatic heterocycles. The Morgan fingerprint density at radius 2 is 2.32 bits per heavy atom. The maximum Gasteiger partial charge on any atom is 0.262 e. The molecule has 0 radical (unpaired) electrons. The van der Waals surface area contributed by atoms with Gasteiger partial charge in [0.1, 0.15) is 0 Å². The molecule has 0 saturated carbocycles. The highest BCUT2D eigenvalue weighted by atomic mass is 35.5. The van der Waals surface area contributed by atoms with Gasteiger partial charge in [0, 0.05) is 12.6 Å². The maximum atomic E-state index is 12.9. The third kappa shape index (κ3) is 4.56. The lowest BCUT2D eigenvalue weighted by molar-refractivity contribution is -0.123. The Kier molecular flexibility index (Phi) is 5.46. The molecule has 8 heteroatoms. The van der Waals surface area contributed by atoms with Gasteiger partial charge in [-0.05, 0) is 12.1 Å². The minimum absolute atomic E-state index is 0. The summed E-state index contributed by atoms with van der Waals surface area (Å²) >= 11 is 5.67. The summed E-state index contributed by atoms with van der Waals surface area (Å²) < 4.78 is 25.8. The van der Waals surface area contributed by atoms with Gasteiger partial charge >= 0.3 is 0 Å². The van der Waals surface area contributed by atoms with E-state index in [1.807, 2.05) is 0 Å². The largest absolute Gasteiger partial charge is 0.349 e. The van der Waals surface area contributed by atoms with Gasteiger partial charge in [-0.3, -0.25) is 15.1 Å². The fraction of sp³-hybridized carbons (Fsp3) is 0.455. The standard InChI is InChI=1S/C11H12ClF2N3O.ClH/c12-7-1-2-8(15-4-7)5-16-10(18)9-3-11(13,14)6-17-9;/h1-2,4,9,17H,3,5-6H2,(H,16,18);1H. The van der Waals surface area contributed by atoms with E-state index in [-0.39, 0.29) is 19.0 Å². The van der Waals surface area contributed by atoms with E-state index in [1.54, 1.807) is 12.1 Å². The summed E-state index contributed by atoms with van der Waals surface area (Å²) in [7, 11) is 0. The maximum absolute atomic E-state index is 12.9. The van der Waals surface area contributed by atoms with E-state index in [9.17, 15) is 13.6 Å². The summed E-state index contributed by atoms with van der Waals surface area (Å²) in [6, 6.07) is 2.48. The zero-order chi connectivity index (χ0) is 13.2. The van der Waals surface area contributed by atoms with Crippen molar-refractivity contribution in [3.8, 4) is 0 Å². The molecule has 1 aromatic heterocycles. The number of carbonyl (C=O) groups excluding carboxylic acids is 1. The summed E-state index contributed by atoms with van der Waals surface area (Å²) in [5.74, 6) is -3.25. The van der Waals surface area contributed by atoms with Crippen LogP contribution in [0.4, 0.5) is 8.78 Å². The van der Waals surface area contributed by atoms with Crippen LogP contribution in [0.5, 0.6) is 0 Å². The molecule has 0 spiro atoms. The van der Waals surface area contributed by atoms with Crippen LogP contribution in [0.3, 0.4) is 0 Å². The van der Waals surface area contributed by atoms with E-state index < -0.39 is 30.8 Å². The number of alkyl halides is 2. The highest BCUT2D eigenvalue weighted by molar-refractivity contribution is 6.30. The molecule has 2 rings (SSSR count). The van der Waals surface area contributed by atoms with Crippen molar-refractivity contribution in [1.29, 1.82) is 0 Å². The molecule has 1 amide bonds. The molecule has 19 heavy (non-hydrogen) atoms. The summed E-state index contributed by atoms with van der Waals surface area (Å²) in [5.41, 5.74) is 0.623. The molecule has 1 fully saturated rings. The van der Waals surface area contributed by atoms with E-state index in [4.69, 9.17) is 11.6 Å². The van der Waals surface area contributed by atoms with Gasteiger partial charge in [0.2, 0.25) is 5.91 Å². The highest BCUT2D eigenvalue weighted by Gasteiger charge is 2.42. The minimum Gasteiger partial charge on any atom is -0.349 e.